The summed E-state index contributed by atoms with van der Waals surface area (Å²) in [6.07, 6.45) is 3.04. The molecule has 134 valence electrons. The van der Waals surface area contributed by atoms with Crippen molar-refractivity contribution in [1.82, 2.24) is 19.7 Å². The number of urea groups is 1. The number of hydrogen-bond acceptors (Lipinski definition) is 4. The number of nitrogens with one attached hydrogen (secondary N) is 1. The molecule has 1 aliphatic rings. The topological polar surface area (TPSA) is 83.3 Å². The average molecular weight is 343 g/mol. The molecule has 3 rings (SSSR count). The van der Waals surface area contributed by atoms with Crippen LogP contribution < -0.4 is 5.32 Å². The van der Waals surface area contributed by atoms with Crippen LogP contribution >= 0.6 is 0 Å². The molecule has 1 aromatic heterocycles. The minimum Gasteiger partial charge on any atom is -0.393 e. The van der Waals surface area contributed by atoms with Gasteiger partial charge in [0.1, 0.15) is 6.33 Å². The van der Waals surface area contributed by atoms with Crippen LogP contribution in [0.1, 0.15) is 26.7 Å². The third kappa shape index (κ3) is 3.82. The molecule has 2 heterocycles. The fourth-order valence-corrected chi connectivity index (χ4v) is 3.26. The summed E-state index contributed by atoms with van der Waals surface area (Å²) >= 11 is 0. The van der Waals surface area contributed by atoms with E-state index in [1.807, 2.05) is 42.7 Å². The van der Waals surface area contributed by atoms with Gasteiger partial charge in [0.2, 0.25) is 0 Å². The van der Waals surface area contributed by atoms with Gasteiger partial charge in [-0.15, -0.1) is 10.2 Å². The molecule has 0 radical (unpaired) electrons. The largest absolute Gasteiger partial charge is 0.393 e. The minimum absolute atomic E-state index is 0.112. The van der Waals surface area contributed by atoms with E-state index >= 15 is 0 Å². The lowest BCUT2D eigenvalue weighted by atomic mass is 9.92. The summed E-state index contributed by atoms with van der Waals surface area (Å²) in [4.78, 5) is 14.4. The van der Waals surface area contributed by atoms with Crippen molar-refractivity contribution in [2.45, 2.75) is 39.3 Å². The maximum atomic E-state index is 12.6. The molecule has 1 saturated heterocycles. The van der Waals surface area contributed by atoms with Gasteiger partial charge in [0.05, 0.1) is 11.8 Å². The summed E-state index contributed by atoms with van der Waals surface area (Å²) in [5.41, 5.74) is 1.59. The zero-order chi connectivity index (χ0) is 17.8. The van der Waals surface area contributed by atoms with Gasteiger partial charge in [0.15, 0.2) is 5.82 Å². The number of aromatic nitrogens is 3. The van der Waals surface area contributed by atoms with E-state index < -0.39 is 0 Å². The lowest BCUT2D eigenvalue weighted by Gasteiger charge is -2.33. The van der Waals surface area contributed by atoms with Crippen molar-refractivity contribution in [3.63, 3.8) is 0 Å². The summed E-state index contributed by atoms with van der Waals surface area (Å²) in [5.74, 6) is 1.02. The van der Waals surface area contributed by atoms with E-state index in [4.69, 9.17) is 0 Å². The molecule has 2 aromatic rings. The number of benzene rings is 1. The zero-order valence-corrected chi connectivity index (χ0v) is 14.7. The second kappa shape index (κ2) is 7.65. The highest BCUT2D eigenvalue weighted by Crippen LogP contribution is 2.27. The number of rotatable bonds is 4. The first-order chi connectivity index (χ1) is 12.1. The summed E-state index contributed by atoms with van der Waals surface area (Å²) in [6.45, 7) is 5.93. The standard InChI is InChI=1S/C18H25N5O2/c1-3-22-12-19-21-17(22)15-6-4-5-7-16(15)20-18(25)23-10-8-14(9-11-23)13(2)24/h4-7,12-14,24H,3,8-11H2,1-2H3,(H,20,25). The highest BCUT2D eigenvalue weighted by Gasteiger charge is 2.26. The summed E-state index contributed by atoms with van der Waals surface area (Å²) < 4.78 is 1.94. The van der Waals surface area contributed by atoms with Gasteiger partial charge in [-0.1, -0.05) is 12.1 Å². The van der Waals surface area contributed by atoms with Gasteiger partial charge in [-0.2, -0.15) is 0 Å². The molecule has 1 atom stereocenters. The molecule has 0 saturated carbocycles. The molecule has 0 bridgehead atoms. The predicted molar refractivity (Wildman–Crippen MR) is 96.1 cm³/mol. The number of aliphatic hydroxyl groups excluding tert-OH is 1. The van der Waals surface area contributed by atoms with Gasteiger partial charge in [-0.05, 0) is 44.7 Å². The van der Waals surface area contributed by atoms with Crippen molar-refractivity contribution >= 4 is 11.7 Å². The Balaban J connectivity index is 1.73. The number of piperidine rings is 1. The van der Waals surface area contributed by atoms with E-state index in [0.29, 0.717) is 13.1 Å². The lowest BCUT2D eigenvalue weighted by molar-refractivity contribution is 0.0820. The maximum Gasteiger partial charge on any atom is 0.321 e. The molecule has 25 heavy (non-hydrogen) atoms. The molecule has 7 heteroatoms. The number of anilines is 1. The molecular formula is C18H25N5O2. The van der Waals surface area contributed by atoms with Gasteiger partial charge in [-0.3, -0.25) is 0 Å². The van der Waals surface area contributed by atoms with Gasteiger partial charge < -0.3 is 19.9 Å². The fourth-order valence-electron chi connectivity index (χ4n) is 3.26. The lowest BCUT2D eigenvalue weighted by Crippen LogP contribution is -2.42. The first-order valence-corrected chi connectivity index (χ1v) is 8.81. The normalized spacial score (nSPS) is 16.7. The zero-order valence-electron chi connectivity index (χ0n) is 14.7. The summed E-state index contributed by atoms with van der Waals surface area (Å²) in [5, 5.41) is 20.9. The van der Waals surface area contributed by atoms with Crippen LogP contribution in [0.5, 0.6) is 0 Å². The van der Waals surface area contributed by atoms with E-state index in [9.17, 15) is 9.90 Å². The number of aryl methyl sites for hydroxylation is 1. The fraction of sp³-hybridized carbons (Fsp3) is 0.500. The van der Waals surface area contributed by atoms with Crippen LogP contribution in [0.4, 0.5) is 10.5 Å². The third-order valence-electron chi connectivity index (χ3n) is 4.87. The van der Waals surface area contributed by atoms with Crippen molar-refractivity contribution in [3.05, 3.63) is 30.6 Å². The highest BCUT2D eigenvalue weighted by atomic mass is 16.3. The van der Waals surface area contributed by atoms with E-state index in [2.05, 4.69) is 15.5 Å². The van der Waals surface area contributed by atoms with Crippen molar-refractivity contribution in [2.75, 3.05) is 18.4 Å². The predicted octanol–water partition coefficient (Wildman–Crippen LogP) is 2.59. The number of carbonyl (C=O) groups excluding carboxylic acids is 1. The third-order valence-corrected chi connectivity index (χ3v) is 4.87. The maximum absolute atomic E-state index is 12.6. The Morgan fingerprint density at radius 2 is 2.08 bits per heavy atom. The molecule has 1 aromatic carbocycles. The van der Waals surface area contributed by atoms with Crippen LogP contribution in [-0.2, 0) is 6.54 Å². The summed E-state index contributed by atoms with van der Waals surface area (Å²) in [6, 6.07) is 7.52. The Bertz CT molecular complexity index is 720. The van der Waals surface area contributed by atoms with Crippen LogP contribution in [0, 0.1) is 5.92 Å². The van der Waals surface area contributed by atoms with Gasteiger partial charge >= 0.3 is 6.03 Å². The van der Waals surface area contributed by atoms with E-state index in [1.165, 1.54) is 0 Å². The Kier molecular flexibility index (Phi) is 5.33. The number of aliphatic hydroxyl groups is 1. The number of carbonyl (C=O) groups is 1. The van der Waals surface area contributed by atoms with Crippen LogP contribution in [-0.4, -0.2) is 50.0 Å². The van der Waals surface area contributed by atoms with Crippen LogP contribution in [0.3, 0.4) is 0 Å². The second-order valence-corrected chi connectivity index (χ2v) is 6.48. The van der Waals surface area contributed by atoms with Crippen molar-refractivity contribution in [1.29, 1.82) is 0 Å². The Morgan fingerprint density at radius 3 is 2.76 bits per heavy atom. The SMILES string of the molecule is CCn1cnnc1-c1ccccc1NC(=O)N1CCC(C(C)O)CC1. The van der Waals surface area contributed by atoms with E-state index in [0.717, 1.165) is 36.5 Å². The Hall–Kier alpha value is -2.41. The van der Waals surface area contributed by atoms with Crippen molar-refractivity contribution < 1.29 is 9.90 Å². The number of amides is 2. The van der Waals surface area contributed by atoms with E-state index in [-0.39, 0.29) is 18.1 Å². The number of nitrogens with zero attached hydrogens (tertiary/aromatic N) is 4. The first kappa shape index (κ1) is 17.4. The van der Waals surface area contributed by atoms with Crippen LogP contribution in [0.2, 0.25) is 0 Å². The minimum atomic E-state index is -0.314. The first-order valence-electron chi connectivity index (χ1n) is 8.81. The molecule has 2 N–H and O–H groups in total. The number of para-hydroxylation sites is 1. The Morgan fingerprint density at radius 1 is 1.36 bits per heavy atom. The number of hydrogen-bond donors (Lipinski definition) is 2. The second-order valence-electron chi connectivity index (χ2n) is 6.48. The molecule has 0 spiro atoms. The Labute approximate surface area is 147 Å². The summed E-state index contributed by atoms with van der Waals surface area (Å²) in [7, 11) is 0. The molecule has 7 nitrogen and oxygen atoms in total. The van der Waals surface area contributed by atoms with E-state index in [1.54, 1.807) is 11.2 Å². The van der Waals surface area contributed by atoms with Crippen molar-refractivity contribution in [2.24, 2.45) is 5.92 Å². The van der Waals surface area contributed by atoms with Gasteiger partial charge in [0.25, 0.3) is 0 Å². The molecular weight excluding hydrogens is 318 g/mol. The quantitative estimate of drug-likeness (QED) is 0.894. The van der Waals surface area contributed by atoms with Gasteiger partial charge in [0, 0.05) is 25.2 Å². The van der Waals surface area contributed by atoms with Gasteiger partial charge in [-0.25, -0.2) is 4.79 Å². The van der Waals surface area contributed by atoms with Crippen LogP contribution in [0.25, 0.3) is 11.4 Å². The van der Waals surface area contributed by atoms with Crippen LogP contribution in [0.15, 0.2) is 30.6 Å². The molecule has 1 aliphatic heterocycles. The monoisotopic (exact) mass is 343 g/mol. The molecule has 2 amide bonds. The molecule has 0 aliphatic carbocycles. The number of likely N-dealkylation sites (tertiary alicyclic amines) is 1. The molecule has 1 unspecified atom stereocenters. The highest BCUT2D eigenvalue weighted by molar-refractivity contribution is 5.93. The smallest absolute Gasteiger partial charge is 0.321 e. The molecule has 1 fully saturated rings. The average Bonchev–Trinajstić information content (AvgIpc) is 3.10. The van der Waals surface area contributed by atoms with Crippen molar-refractivity contribution in [3.8, 4) is 11.4 Å².